The fourth-order valence-corrected chi connectivity index (χ4v) is 5.10. The molecular formula is C18H22N4O5S2. The minimum absolute atomic E-state index is 0.0127. The number of thiazole rings is 1. The number of benzene rings is 1. The summed E-state index contributed by atoms with van der Waals surface area (Å²) in [6, 6.07) is 5.97. The smallest absolute Gasteiger partial charge is 0.266 e. The Morgan fingerprint density at radius 3 is 2.24 bits per heavy atom. The van der Waals surface area contributed by atoms with E-state index in [4.69, 9.17) is 4.74 Å². The maximum Gasteiger partial charge on any atom is 0.266 e. The van der Waals surface area contributed by atoms with Crippen molar-refractivity contribution in [2.75, 3.05) is 38.0 Å². The molecule has 2 aromatic rings. The number of nitrogens with zero attached hydrogens (tertiary/aromatic N) is 3. The minimum Gasteiger partial charge on any atom is -0.497 e. The predicted molar refractivity (Wildman–Crippen MR) is 109 cm³/mol. The summed E-state index contributed by atoms with van der Waals surface area (Å²) in [6.45, 7) is 5.00. The molecule has 0 unspecified atom stereocenters. The molecule has 0 aliphatic carbocycles. The van der Waals surface area contributed by atoms with Crippen molar-refractivity contribution in [3.8, 4) is 5.75 Å². The van der Waals surface area contributed by atoms with Gasteiger partial charge in [-0.2, -0.15) is 0 Å². The van der Waals surface area contributed by atoms with E-state index in [1.807, 2.05) is 0 Å². The third kappa shape index (κ3) is 4.67. The molecule has 0 spiro atoms. The highest BCUT2D eigenvalue weighted by molar-refractivity contribution is 7.93. The molecule has 156 valence electrons. The largest absolute Gasteiger partial charge is 0.497 e. The normalized spacial score (nSPS) is 14.6. The van der Waals surface area contributed by atoms with Gasteiger partial charge in [0.1, 0.15) is 10.6 Å². The lowest BCUT2D eigenvalue weighted by Crippen LogP contribution is -2.50. The Kier molecular flexibility index (Phi) is 6.08. The van der Waals surface area contributed by atoms with Gasteiger partial charge in [-0.25, -0.2) is 13.4 Å². The Labute approximate surface area is 173 Å². The maximum atomic E-state index is 12.8. The van der Waals surface area contributed by atoms with Crippen LogP contribution >= 0.6 is 11.3 Å². The van der Waals surface area contributed by atoms with Gasteiger partial charge in [0.25, 0.3) is 15.9 Å². The monoisotopic (exact) mass is 438 g/mol. The van der Waals surface area contributed by atoms with Crippen LogP contribution in [0.2, 0.25) is 0 Å². The van der Waals surface area contributed by atoms with E-state index in [0.29, 0.717) is 42.5 Å². The van der Waals surface area contributed by atoms with Crippen LogP contribution in [0.1, 0.15) is 22.3 Å². The van der Waals surface area contributed by atoms with Gasteiger partial charge in [-0.05, 0) is 31.2 Å². The summed E-state index contributed by atoms with van der Waals surface area (Å²) < 4.78 is 32.6. The Morgan fingerprint density at radius 2 is 1.69 bits per heavy atom. The van der Waals surface area contributed by atoms with Crippen LogP contribution in [0.5, 0.6) is 5.75 Å². The number of carbonyl (C=O) groups excluding carboxylic acids is 2. The van der Waals surface area contributed by atoms with Gasteiger partial charge in [0, 0.05) is 33.1 Å². The van der Waals surface area contributed by atoms with Crippen LogP contribution in [-0.2, 0) is 14.8 Å². The molecule has 1 fully saturated rings. The van der Waals surface area contributed by atoms with Crippen molar-refractivity contribution >= 4 is 38.3 Å². The molecular weight excluding hydrogens is 416 g/mol. The van der Waals surface area contributed by atoms with Crippen molar-refractivity contribution in [3.63, 3.8) is 0 Å². The second-order valence-electron chi connectivity index (χ2n) is 6.51. The number of piperazine rings is 1. The number of aryl methyl sites for hydroxylation is 1. The molecule has 0 bridgehead atoms. The summed E-state index contributed by atoms with van der Waals surface area (Å²) in [5.41, 5.74) is 0.460. The Hall–Kier alpha value is -2.66. The van der Waals surface area contributed by atoms with Gasteiger partial charge >= 0.3 is 0 Å². The standard InChI is InChI=1S/C18H22N4O5S2/c1-12-16(17(24)22-10-8-21(9-11-22)13(2)23)28-18(19-12)20-29(25,26)15-6-4-14(27-3)5-7-15/h4-7H,8-11H2,1-3H3,(H,19,20). The van der Waals surface area contributed by atoms with E-state index in [0.717, 1.165) is 11.3 Å². The zero-order valence-corrected chi connectivity index (χ0v) is 18.0. The quantitative estimate of drug-likeness (QED) is 0.759. The van der Waals surface area contributed by atoms with E-state index in [1.165, 1.54) is 26.2 Å². The minimum atomic E-state index is -3.84. The van der Waals surface area contributed by atoms with Gasteiger partial charge in [0.15, 0.2) is 5.13 Å². The summed E-state index contributed by atoms with van der Waals surface area (Å²) in [5.74, 6) is 0.325. The van der Waals surface area contributed by atoms with Gasteiger partial charge in [0.05, 0.1) is 17.7 Å². The first kappa shape index (κ1) is 21.1. The molecule has 1 aromatic carbocycles. The Bertz CT molecular complexity index is 1010. The van der Waals surface area contributed by atoms with Crippen molar-refractivity contribution in [2.45, 2.75) is 18.7 Å². The first-order valence-corrected chi connectivity index (χ1v) is 11.2. The topological polar surface area (TPSA) is 109 Å². The lowest BCUT2D eigenvalue weighted by Gasteiger charge is -2.34. The third-order valence-electron chi connectivity index (χ3n) is 4.59. The van der Waals surface area contributed by atoms with E-state index < -0.39 is 10.0 Å². The van der Waals surface area contributed by atoms with Crippen LogP contribution in [0.15, 0.2) is 29.2 Å². The highest BCUT2D eigenvalue weighted by Crippen LogP contribution is 2.27. The molecule has 29 heavy (non-hydrogen) atoms. The van der Waals surface area contributed by atoms with Gasteiger partial charge in [-0.15, -0.1) is 0 Å². The first-order valence-electron chi connectivity index (χ1n) is 8.90. The lowest BCUT2D eigenvalue weighted by molar-refractivity contribution is -0.130. The fourth-order valence-electron chi connectivity index (χ4n) is 2.94. The number of aromatic nitrogens is 1. The van der Waals surface area contributed by atoms with Crippen LogP contribution in [-0.4, -0.2) is 68.3 Å². The highest BCUT2D eigenvalue weighted by Gasteiger charge is 2.27. The number of amides is 2. The molecule has 2 amide bonds. The van der Waals surface area contributed by atoms with Crippen molar-refractivity contribution in [2.24, 2.45) is 0 Å². The number of rotatable bonds is 5. The summed E-state index contributed by atoms with van der Waals surface area (Å²) in [7, 11) is -2.34. The molecule has 0 radical (unpaired) electrons. The molecule has 1 saturated heterocycles. The average Bonchev–Trinajstić information content (AvgIpc) is 3.06. The average molecular weight is 439 g/mol. The predicted octanol–water partition coefficient (Wildman–Crippen LogP) is 1.57. The van der Waals surface area contributed by atoms with Crippen molar-refractivity contribution in [1.29, 1.82) is 0 Å². The molecule has 0 saturated carbocycles. The van der Waals surface area contributed by atoms with E-state index in [9.17, 15) is 18.0 Å². The fraction of sp³-hybridized carbons (Fsp3) is 0.389. The lowest BCUT2D eigenvalue weighted by atomic mass is 10.2. The highest BCUT2D eigenvalue weighted by atomic mass is 32.2. The molecule has 1 aromatic heterocycles. The molecule has 9 nitrogen and oxygen atoms in total. The SMILES string of the molecule is COc1ccc(S(=O)(=O)Nc2nc(C)c(C(=O)N3CCN(C(C)=O)CC3)s2)cc1. The van der Waals surface area contributed by atoms with Crippen molar-refractivity contribution in [1.82, 2.24) is 14.8 Å². The van der Waals surface area contributed by atoms with Crippen molar-refractivity contribution in [3.05, 3.63) is 34.8 Å². The number of nitrogens with one attached hydrogen (secondary N) is 1. The summed E-state index contributed by atoms with van der Waals surface area (Å²) >= 11 is 1.000. The number of methoxy groups -OCH3 is 1. The summed E-state index contributed by atoms with van der Waals surface area (Å²) in [4.78, 5) is 32.3. The van der Waals surface area contributed by atoms with E-state index in [1.54, 1.807) is 28.9 Å². The molecule has 0 atom stereocenters. The Balaban J connectivity index is 1.72. The van der Waals surface area contributed by atoms with E-state index in [-0.39, 0.29) is 21.8 Å². The molecule has 1 aliphatic heterocycles. The molecule has 1 N–H and O–H groups in total. The number of ether oxygens (including phenoxy) is 1. The molecule has 11 heteroatoms. The zero-order chi connectivity index (χ0) is 21.2. The number of hydrogen-bond acceptors (Lipinski definition) is 7. The second-order valence-corrected chi connectivity index (χ2v) is 9.19. The van der Waals surface area contributed by atoms with Crippen LogP contribution < -0.4 is 9.46 Å². The summed E-state index contributed by atoms with van der Waals surface area (Å²) in [6.07, 6.45) is 0. The molecule has 3 rings (SSSR count). The number of hydrogen-bond donors (Lipinski definition) is 1. The van der Waals surface area contributed by atoms with Crippen LogP contribution in [0.4, 0.5) is 5.13 Å². The number of anilines is 1. The summed E-state index contributed by atoms with van der Waals surface area (Å²) in [5, 5.41) is 0.129. The van der Waals surface area contributed by atoms with Gasteiger partial charge in [-0.1, -0.05) is 11.3 Å². The van der Waals surface area contributed by atoms with Crippen LogP contribution in [0.3, 0.4) is 0 Å². The second kappa shape index (κ2) is 8.37. The van der Waals surface area contributed by atoms with Gasteiger partial charge < -0.3 is 14.5 Å². The molecule has 1 aliphatic rings. The Morgan fingerprint density at radius 1 is 1.10 bits per heavy atom. The maximum absolute atomic E-state index is 12.8. The number of carbonyl (C=O) groups is 2. The van der Waals surface area contributed by atoms with Crippen molar-refractivity contribution < 1.29 is 22.7 Å². The number of sulfonamides is 1. The first-order chi connectivity index (χ1) is 13.7. The van der Waals surface area contributed by atoms with E-state index >= 15 is 0 Å². The van der Waals surface area contributed by atoms with Crippen LogP contribution in [0, 0.1) is 6.92 Å². The zero-order valence-electron chi connectivity index (χ0n) is 16.3. The van der Waals surface area contributed by atoms with Gasteiger partial charge in [0.2, 0.25) is 5.91 Å². The van der Waals surface area contributed by atoms with Crippen LogP contribution in [0.25, 0.3) is 0 Å². The molecule has 2 heterocycles. The van der Waals surface area contributed by atoms with E-state index in [2.05, 4.69) is 9.71 Å². The van der Waals surface area contributed by atoms with Gasteiger partial charge in [-0.3, -0.25) is 14.3 Å². The third-order valence-corrected chi connectivity index (χ3v) is 7.14.